The molecule has 0 saturated carbocycles. The van der Waals surface area contributed by atoms with Crippen LogP contribution in [0.15, 0.2) is 30.6 Å². The Morgan fingerprint density at radius 1 is 1.21 bits per heavy atom. The average molecular weight is 458 g/mol. The highest BCUT2D eigenvalue weighted by Crippen LogP contribution is 2.29. The van der Waals surface area contributed by atoms with E-state index in [1.54, 1.807) is 28.5 Å². The first-order chi connectivity index (χ1) is 15.7. The maximum atomic E-state index is 13.5. The summed E-state index contributed by atoms with van der Waals surface area (Å²) in [6.45, 7) is 9.16. The summed E-state index contributed by atoms with van der Waals surface area (Å²) in [4.78, 5) is 45.1. The summed E-state index contributed by atoms with van der Waals surface area (Å²) >= 11 is 0. The minimum absolute atomic E-state index is 0.0190. The van der Waals surface area contributed by atoms with Gasteiger partial charge in [0.05, 0.1) is 12.9 Å². The molecule has 33 heavy (non-hydrogen) atoms. The van der Waals surface area contributed by atoms with Gasteiger partial charge in [-0.1, -0.05) is 32.9 Å². The van der Waals surface area contributed by atoms with E-state index in [4.69, 9.17) is 0 Å². The molecule has 1 aliphatic rings. The molecule has 0 fully saturated rings. The summed E-state index contributed by atoms with van der Waals surface area (Å²) in [7, 11) is 0. The van der Waals surface area contributed by atoms with E-state index in [1.165, 1.54) is 18.5 Å². The Hall–Kier alpha value is -3.23. The van der Waals surface area contributed by atoms with Crippen molar-refractivity contribution in [1.29, 1.82) is 0 Å². The van der Waals surface area contributed by atoms with E-state index < -0.39 is 17.4 Å². The SMILES string of the molecule is CCCN1C(=O)c2c(C(=O)NCc3ccc(F)cc3)ncn2CC1(C)C(=O)NCCC(C)C. The summed E-state index contributed by atoms with van der Waals surface area (Å²) in [5.41, 5.74) is -0.167. The van der Waals surface area contributed by atoms with Gasteiger partial charge in [0, 0.05) is 19.6 Å². The monoisotopic (exact) mass is 457 g/mol. The smallest absolute Gasteiger partial charge is 0.273 e. The maximum Gasteiger partial charge on any atom is 0.273 e. The molecular weight excluding hydrogens is 425 g/mol. The van der Waals surface area contributed by atoms with Gasteiger partial charge < -0.3 is 20.1 Å². The molecule has 0 saturated heterocycles. The van der Waals surface area contributed by atoms with Crippen LogP contribution in [0.4, 0.5) is 4.39 Å². The van der Waals surface area contributed by atoms with Crippen molar-refractivity contribution in [3.05, 3.63) is 53.4 Å². The average Bonchev–Trinajstić information content (AvgIpc) is 3.19. The van der Waals surface area contributed by atoms with Crippen molar-refractivity contribution in [3.63, 3.8) is 0 Å². The molecule has 1 aromatic carbocycles. The van der Waals surface area contributed by atoms with Gasteiger partial charge in [-0.05, 0) is 43.4 Å². The highest BCUT2D eigenvalue weighted by atomic mass is 19.1. The molecule has 3 amide bonds. The molecule has 0 aliphatic carbocycles. The van der Waals surface area contributed by atoms with Crippen LogP contribution in [0.5, 0.6) is 0 Å². The molecule has 2 heterocycles. The van der Waals surface area contributed by atoms with E-state index in [0.717, 1.165) is 12.0 Å². The molecule has 1 atom stereocenters. The minimum atomic E-state index is -1.08. The number of nitrogens with one attached hydrogen (secondary N) is 2. The highest BCUT2D eigenvalue weighted by Gasteiger charge is 2.48. The van der Waals surface area contributed by atoms with Crippen LogP contribution in [0.2, 0.25) is 0 Å². The normalized spacial score (nSPS) is 17.8. The van der Waals surface area contributed by atoms with Gasteiger partial charge in [-0.3, -0.25) is 14.4 Å². The van der Waals surface area contributed by atoms with Gasteiger partial charge in [0.25, 0.3) is 11.8 Å². The third-order valence-electron chi connectivity index (χ3n) is 5.88. The molecule has 1 unspecified atom stereocenters. The number of rotatable bonds is 9. The number of halogens is 1. The summed E-state index contributed by atoms with van der Waals surface area (Å²) < 4.78 is 14.7. The number of benzene rings is 1. The first kappa shape index (κ1) is 24.4. The fraction of sp³-hybridized carbons (Fsp3) is 0.500. The molecule has 1 aliphatic heterocycles. The summed E-state index contributed by atoms with van der Waals surface area (Å²) in [5, 5.41) is 5.70. The van der Waals surface area contributed by atoms with Crippen LogP contribution in [-0.2, 0) is 17.9 Å². The third-order valence-corrected chi connectivity index (χ3v) is 5.88. The second-order valence-corrected chi connectivity index (χ2v) is 9.05. The van der Waals surface area contributed by atoms with Crippen LogP contribution in [0.3, 0.4) is 0 Å². The van der Waals surface area contributed by atoms with E-state index in [2.05, 4.69) is 29.5 Å². The Morgan fingerprint density at radius 2 is 1.91 bits per heavy atom. The first-order valence-electron chi connectivity index (χ1n) is 11.4. The van der Waals surface area contributed by atoms with Crippen LogP contribution in [-0.4, -0.2) is 50.8 Å². The van der Waals surface area contributed by atoms with Crippen molar-refractivity contribution in [2.24, 2.45) is 5.92 Å². The van der Waals surface area contributed by atoms with Crippen molar-refractivity contribution >= 4 is 17.7 Å². The second kappa shape index (κ2) is 10.1. The Kier molecular flexibility index (Phi) is 7.50. The van der Waals surface area contributed by atoms with Crippen LogP contribution in [0.1, 0.15) is 67.1 Å². The lowest BCUT2D eigenvalue weighted by Gasteiger charge is -2.43. The fourth-order valence-electron chi connectivity index (χ4n) is 3.96. The zero-order valence-electron chi connectivity index (χ0n) is 19.7. The van der Waals surface area contributed by atoms with E-state index in [0.29, 0.717) is 25.4 Å². The zero-order valence-corrected chi connectivity index (χ0v) is 19.7. The van der Waals surface area contributed by atoms with Gasteiger partial charge >= 0.3 is 0 Å². The largest absolute Gasteiger partial charge is 0.354 e. The molecule has 2 aromatic rings. The number of nitrogens with zero attached hydrogens (tertiary/aromatic N) is 3. The van der Waals surface area contributed by atoms with Gasteiger partial charge in [0.1, 0.15) is 17.1 Å². The van der Waals surface area contributed by atoms with E-state index in [9.17, 15) is 18.8 Å². The van der Waals surface area contributed by atoms with E-state index >= 15 is 0 Å². The number of carbonyl (C=O) groups is 3. The molecule has 8 nitrogen and oxygen atoms in total. The van der Waals surface area contributed by atoms with Crippen LogP contribution in [0, 0.1) is 11.7 Å². The molecular formula is C24H32FN5O3. The zero-order chi connectivity index (χ0) is 24.2. The number of carbonyl (C=O) groups excluding carboxylic acids is 3. The molecule has 0 spiro atoms. The summed E-state index contributed by atoms with van der Waals surface area (Å²) in [5.74, 6) is -1.01. The first-order valence-corrected chi connectivity index (χ1v) is 11.4. The van der Waals surface area contributed by atoms with Crippen molar-refractivity contribution in [1.82, 2.24) is 25.1 Å². The number of hydrogen-bond donors (Lipinski definition) is 2. The number of imidazole rings is 1. The maximum absolute atomic E-state index is 13.5. The molecule has 2 N–H and O–H groups in total. The fourth-order valence-corrected chi connectivity index (χ4v) is 3.96. The molecule has 178 valence electrons. The molecule has 0 radical (unpaired) electrons. The lowest BCUT2D eigenvalue weighted by atomic mass is 9.93. The Morgan fingerprint density at radius 3 is 2.55 bits per heavy atom. The Balaban J connectivity index is 1.81. The van der Waals surface area contributed by atoms with Crippen LogP contribution >= 0.6 is 0 Å². The topological polar surface area (TPSA) is 96.3 Å². The van der Waals surface area contributed by atoms with E-state index in [1.807, 2.05) is 6.92 Å². The van der Waals surface area contributed by atoms with Gasteiger partial charge in [0.2, 0.25) is 5.91 Å². The third kappa shape index (κ3) is 5.23. The predicted octanol–water partition coefficient (Wildman–Crippen LogP) is 2.74. The highest BCUT2D eigenvalue weighted by molar-refractivity contribution is 6.07. The summed E-state index contributed by atoms with van der Waals surface area (Å²) in [6.07, 6.45) is 2.95. The number of fused-ring (bicyclic) bond motifs is 1. The van der Waals surface area contributed by atoms with Gasteiger partial charge in [0.15, 0.2) is 5.69 Å². The van der Waals surface area contributed by atoms with Crippen molar-refractivity contribution < 1.29 is 18.8 Å². The Bertz CT molecular complexity index is 1020. The molecule has 0 bridgehead atoms. The van der Waals surface area contributed by atoms with Crippen LogP contribution < -0.4 is 10.6 Å². The summed E-state index contributed by atoms with van der Waals surface area (Å²) in [6, 6.07) is 5.80. The molecule has 9 heteroatoms. The van der Waals surface area contributed by atoms with Gasteiger partial charge in [-0.25, -0.2) is 9.37 Å². The quantitative estimate of drug-likeness (QED) is 0.605. The molecule has 1 aromatic heterocycles. The van der Waals surface area contributed by atoms with Crippen molar-refractivity contribution in [2.75, 3.05) is 13.1 Å². The van der Waals surface area contributed by atoms with Crippen molar-refractivity contribution in [3.8, 4) is 0 Å². The van der Waals surface area contributed by atoms with Crippen molar-refractivity contribution in [2.45, 2.75) is 59.2 Å². The standard InChI is InChI=1S/C24H32FN5O3/c1-5-12-30-22(32)20-19(21(31)27-13-17-6-8-18(25)9-7-17)28-15-29(20)14-24(30,4)23(33)26-11-10-16(2)3/h6-9,15-16H,5,10-14H2,1-4H3,(H,26,33)(H,27,31). The van der Waals surface area contributed by atoms with Gasteiger partial charge in [-0.2, -0.15) is 0 Å². The number of hydrogen-bond acceptors (Lipinski definition) is 4. The molecule has 3 rings (SSSR count). The number of amides is 3. The van der Waals surface area contributed by atoms with Gasteiger partial charge in [-0.15, -0.1) is 0 Å². The second-order valence-electron chi connectivity index (χ2n) is 9.05. The number of aromatic nitrogens is 2. The van der Waals surface area contributed by atoms with E-state index in [-0.39, 0.29) is 36.2 Å². The minimum Gasteiger partial charge on any atom is -0.354 e. The lowest BCUT2D eigenvalue weighted by Crippen LogP contribution is -2.64. The lowest BCUT2D eigenvalue weighted by molar-refractivity contribution is -0.132. The Labute approximate surface area is 193 Å². The predicted molar refractivity (Wildman–Crippen MR) is 122 cm³/mol. The van der Waals surface area contributed by atoms with Crippen LogP contribution in [0.25, 0.3) is 0 Å².